The maximum atomic E-state index is 12.3. The maximum Gasteiger partial charge on any atom is 0.341 e. The Morgan fingerprint density at radius 1 is 1.32 bits per heavy atom. The Morgan fingerprint density at radius 2 is 2.08 bits per heavy atom. The summed E-state index contributed by atoms with van der Waals surface area (Å²) in [7, 11) is 1.48. The fourth-order valence-electron chi connectivity index (χ4n) is 2.00. The molecule has 0 saturated heterocycles. The van der Waals surface area contributed by atoms with Crippen molar-refractivity contribution in [1.29, 1.82) is 0 Å². The number of benzene rings is 1. The molecular formula is C17H17ClN2O4S. The Kier molecular flexibility index (Phi) is 6.66. The van der Waals surface area contributed by atoms with Crippen LogP contribution in [-0.2, 0) is 9.53 Å². The first-order valence-electron chi connectivity index (χ1n) is 7.30. The molecule has 1 amide bonds. The van der Waals surface area contributed by atoms with E-state index in [1.165, 1.54) is 25.8 Å². The van der Waals surface area contributed by atoms with Crippen molar-refractivity contribution in [3.63, 3.8) is 0 Å². The number of amides is 1. The van der Waals surface area contributed by atoms with Crippen LogP contribution in [0.2, 0.25) is 5.02 Å². The van der Waals surface area contributed by atoms with Crippen LogP contribution in [0.5, 0.6) is 5.75 Å². The van der Waals surface area contributed by atoms with E-state index in [9.17, 15) is 9.59 Å². The average Bonchev–Trinajstić information content (AvgIpc) is 2.61. The van der Waals surface area contributed by atoms with Gasteiger partial charge in [0, 0.05) is 11.2 Å². The Morgan fingerprint density at radius 3 is 2.76 bits per heavy atom. The highest BCUT2D eigenvalue weighted by atomic mass is 35.5. The Hall–Kier alpha value is -2.25. The second-order valence-electron chi connectivity index (χ2n) is 4.94. The number of thioether (sulfide) groups is 1. The number of esters is 1. The van der Waals surface area contributed by atoms with Crippen LogP contribution in [0.25, 0.3) is 0 Å². The minimum absolute atomic E-state index is 0.315. The van der Waals surface area contributed by atoms with Crippen molar-refractivity contribution in [2.75, 3.05) is 18.7 Å². The molecule has 1 atom stereocenters. The number of pyridine rings is 1. The van der Waals surface area contributed by atoms with Gasteiger partial charge in [-0.05, 0) is 43.5 Å². The maximum absolute atomic E-state index is 12.3. The van der Waals surface area contributed by atoms with E-state index in [-0.39, 0.29) is 0 Å². The lowest BCUT2D eigenvalue weighted by Crippen LogP contribution is -2.30. The second-order valence-corrected chi connectivity index (χ2v) is 6.17. The average molecular weight is 381 g/mol. The molecule has 132 valence electrons. The number of carbonyl (C=O) groups excluding carboxylic acids is 2. The molecule has 0 fully saturated rings. The Labute approximate surface area is 154 Å². The number of rotatable bonds is 6. The molecule has 0 aliphatic heterocycles. The second kappa shape index (κ2) is 8.73. The molecule has 1 heterocycles. The largest absolute Gasteiger partial charge is 0.495 e. The SMILES string of the molecule is COc1ccc(Cl)cc1NC(=O)C(C)OC(=O)c1cccnc1SC. The van der Waals surface area contributed by atoms with Crippen molar-refractivity contribution in [1.82, 2.24) is 4.98 Å². The molecule has 0 spiro atoms. The lowest BCUT2D eigenvalue weighted by atomic mass is 10.2. The summed E-state index contributed by atoms with van der Waals surface area (Å²) in [6, 6.07) is 8.07. The van der Waals surface area contributed by atoms with Crippen LogP contribution in [0.3, 0.4) is 0 Å². The number of hydrogen-bond acceptors (Lipinski definition) is 6. The molecule has 1 aromatic carbocycles. The monoisotopic (exact) mass is 380 g/mol. The summed E-state index contributed by atoms with van der Waals surface area (Å²) in [6.45, 7) is 1.49. The summed E-state index contributed by atoms with van der Waals surface area (Å²) in [5, 5.41) is 3.62. The first-order valence-corrected chi connectivity index (χ1v) is 8.91. The zero-order valence-electron chi connectivity index (χ0n) is 13.9. The fraction of sp³-hybridized carbons (Fsp3) is 0.235. The van der Waals surface area contributed by atoms with Gasteiger partial charge in [0.05, 0.1) is 18.4 Å². The fourth-order valence-corrected chi connectivity index (χ4v) is 2.71. The van der Waals surface area contributed by atoms with Gasteiger partial charge in [0.25, 0.3) is 5.91 Å². The van der Waals surface area contributed by atoms with Crippen LogP contribution in [0.4, 0.5) is 5.69 Å². The zero-order chi connectivity index (χ0) is 18.4. The molecule has 0 aliphatic rings. The number of anilines is 1. The van der Waals surface area contributed by atoms with E-state index in [1.807, 2.05) is 0 Å². The molecule has 1 unspecified atom stereocenters. The smallest absolute Gasteiger partial charge is 0.341 e. The summed E-state index contributed by atoms with van der Waals surface area (Å²) in [4.78, 5) is 28.7. The minimum Gasteiger partial charge on any atom is -0.495 e. The van der Waals surface area contributed by atoms with Gasteiger partial charge in [-0.1, -0.05) is 11.6 Å². The van der Waals surface area contributed by atoms with Crippen molar-refractivity contribution >= 4 is 40.9 Å². The number of methoxy groups -OCH3 is 1. The molecule has 6 nitrogen and oxygen atoms in total. The van der Waals surface area contributed by atoms with E-state index in [4.69, 9.17) is 21.1 Å². The summed E-state index contributed by atoms with van der Waals surface area (Å²) in [5.41, 5.74) is 0.712. The topological polar surface area (TPSA) is 77.5 Å². The highest BCUT2D eigenvalue weighted by molar-refractivity contribution is 7.98. The van der Waals surface area contributed by atoms with Crippen LogP contribution in [0.1, 0.15) is 17.3 Å². The summed E-state index contributed by atoms with van der Waals surface area (Å²) >= 11 is 7.26. The van der Waals surface area contributed by atoms with Gasteiger partial charge in [0.2, 0.25) is 0 Å². The van der Waals surface area contributed by atoms with Gasteiger partial charge in [-0.25, -0.2) is 9.78 Å². The molecule has 0 saturated carbocycles. The van der Waals surface area contributed by atoms with E-state index in [0.29, 0.717) is 27.0 Å². The van der Waals surface area contributed by atoms with Crippen LogP contribution in [0, 0.1) is 0 Å². The first-order chi connectivity index (χ1) is 12.0. The van der Waals surface area contributed by atoms with Crippen molar-refractivity contribution < 1.29 is 19.1 Å². The van der Waals surface area contributed by atoms with E-state index < -0.39 is 18.0 Å². The standard InChI is InChI=1S/C17H17ClN2O4S/c1-10(24-17(22)12-5-4-8-19-16(12)25-3)15(21)20-13-9-11(18)6-7-14(13)23-2/h4-10H,1-3H3,(H,20,21). The van der Waals surface area contributed by atoms with Gasteiger partial charge in [0.1, 0.15) is 10.8 Å². The van der Waals surface area contributed by atoms with Crippen molar-refractivity contribution in [2.24, 2.45) is 0 Å². The predicted molar refractivity (Wildman–Crippen MR) is 97.5 cm³/mol. The van der Waals surface area contributed by atoms with Crippen LogP contribution >= 0.6 is 23.4 Å². The van der Waals surface area contributed by atoms with Gasteiger partial charge in [-0.3, -0.25) is 4.79 Å². The lowest BCUT2D eigenvalue weighted by Gasteiger charge is -2.16. The van der Waals surface area contributed by atoms with Crippen LogP contribution in [0.15, 0.2) is 41.6 Å². The minimum atomic E-state index is -1.01. The molecule has 2 aromatic rings. The molecule has 0 aliphatic carbocycles. The van der Waals surface area contributed by atoms with E-state index in [0.717, 1.165) is 0 Å². The Balaban J connectivity index is 2.08. The quantitative estimate of drug-likeness (QED) is 0.608. The van der Waals surface area contributed by atoms with Gasteiger partial charge in [0.15, 0.2) is 6.10 Å². The number of ether oxygens (including phenoxy) is 2. The van der Waals surface area contributed by atoms with Gasteiger partial charge >= 0.3 is 5.97 Å². The number of aromatic nitrogens is 1. The predicted octanol–water partition coefficient (Wildman–Crippen LogP) is 3.65. The van der Waals surface area contributed by atoms with Crippen molar-refractivity contribution in [3.05, 3.63) is 47.1 Å². The normalized spacial score (nSPS) is 11.5. The van der Waals surface area contributed by atoms with Gasteiger partial charge in [-0.15, -0.1) is 11.8 Å². The summed E-state index contributed by atoms with van der Waals surface area (Å²) in [6.07, 6.45) is 2.39. The molecule has 2 rings (SSSR count). The molecule has 1 aromatic heterocycles. The number of nitrogens with zero attached hydrogens (tertiary/aromatic N) is 1. The lowest BCUT2D eigenvalue weighted by molar-refractivity contribution is -0.123. The summed E-state index contributed by atoms with van der Waals surface area (Å²) < 4.78 is 10.4. The molecule has 0 bridgehead atoms. The molecule has 1 N–H and O–H groups in total. The van der Waals surface area contributed by atoms with Gasteiger partial charge < -0.3 is 14.8 Å². The van der Waals surface area contributed by atoms with E-state index >= 15 is 0 Å². The third-order valence-electron chi connectivity index (χ3n) is 3.26. The molecule has 0 radical (unpaired) electrons. The first kappa shape index (κ1) is 19.1. The van der Waals surface area contributed by atoms with Crippen LogP contribution in [-0.4, -0.2) is 36.3 Å². The number of hydrogen-bond donors (Lipinski definition) is 1. The van der Waals surface area contributed by atoms with Crippen molar-refractivity contribution in [3.8, 4) is 5.75 Å². The van der Waals surface area contributed by atoms with E-state index in [2.05, 4.69) is 10.3 Å². The molecule has 8 heteroatoms. The third-order valence-corrected chi connectivity index (χ3v) is 4.20. The highest BCUT2D eigenvalue weighted by Crippen LogP contribution is 2.28. The number of halogens is 1. The van der Waals surface area contributed by atoms with Crippen LogP contribution < -0.4 is 10.1 Å². The number of carbonyl (C=O) groups is 2. The summed E-state index contributed by atoms with van der Waals surface area (Å²) in [5.74, 6) is -0.658. The van der Waals surface area contributed by atoms with E-state index in [1.54, 1.807) is 42.8 Å². The van der Waals surface area contributed by atoms with Gasteiger partial charge in [-0.2, -0.15) is 0 Å². The third kappa shape index (κ3) is 4.87. The number of nitrogens with one attached hydrogen (secondary N) is 1. The Bertz CT molecular complexity index is 785. The molecule has 25 heavy (non-hydrogen) atoms. The highest BCUT2D eigenvalue weighted by Gasteiger charge is 2.22. The van der Waals surface area contributed by atoms with Crippen molar-refractivity contribution in [2.45, 2.75) is 18.1 Å². The molecular weight excluding hydrogens is 364 g/mol. The zero-order valence-corrected chi connectivity index (χ0v) is 15.5.